The van der Waals surface area contributed by atoms with Gasteiger partial charge in [0.1, 0.15) is 11.5 Å². The summed E-state index contributed by atoms with van der Waals surface area (Å²) in [5.41, 5.74) is 3.14. The second kappa shape index (κ2) is 12.0. The molecule has 2 aromatic heterocycles. The van der Waals surface area contributed by atoms with Gasteiger partial charge in [0.05, 0.1) is 36.8 Å². The van der Waals surface area contributed by atoms with Crippen molar-refractivity contribution in [1.29, 1.82) is 0 Å². The normalized spacial score (nSPS) is 14.6. The lowest BCUT2D eigenvalue weighted by atomic mass is 10.1. The number of piperazine rings is 1. The summed E-state index contributed by atoms with van der Waals surface area (Å²) in [6.07, 6.45) is 5.26. The van der Waals surface area contributed by atoms with Gasteiger partial charge >= 0.3 is 0 Å². The number of halogens is 3. The van der Waals surface area contributed by atoms with Gasteiger partial charge in [-0.15, -0.1) is 5.10 Å². The van der Waals surface area contributed by atoms with Crippen LogP contribution in [-0.2, 0) is 16.1 Å². The van der Waals surface area contributed by atoms with Crippen molar-refractivity contribution in [3.63, 3.8) is 0 Å². The van der Waals surface area contributed by atoms with Gasteiger partial charge < -0.3 is 9.80 Å². The summed E-state index contributed by atoms with van der Waals surface area (Å²) in [7, 11) is 0. The Morgan fingerprint density at radius 1 is 1.18 bits per heavy atom. The van der Waals surface area contributed by atoms with E-state index in [9.17, 15) is 14.0 Å². The summed E-state index contributed by atoms with van der Waals surface area (Å²) in [4.78, 5) is 33.5. The number of hydrogen-bond donors (Lipinski definition) is 0. The fraction of sp³-hybridized carbons (Fsp3) is 0.296. The highest BCUT2D eigenvalue weighted by molar-refractivity contribution is 7.99. The molecular formula is C27H26Cl2FN7O2S. The quantitative estimate of drug-likeness (QED) is 0.270. The molecule has 2 amide bonds. The van der Waals surface area contributed by atoms with Crippen molar-refractivity contribution in [2.45, 2.75) is 31.6 Å². The van der Waals surface area contributed by atoms with E-state index >= 15 is 0 Å². The van der Waals surface area contributed by atoms with Gasteiger partial charge in [-0.3, -0.25) is 14.2 Å². The first kappa shape index (κ1) is 28.1. The number of carbonyl (C=O) groups is 2. The molecule has 40 heavy (non-hydrogen) atoms. The van der Waals surface area contributed by atoms with E-state index in [-0.39, 0.29) is 36.7 Å². The maximum Gasteiger partial charge on any atom is 0.242 e. The number of benzene rings is 2. The van der Waals surface area contributed by atoms with Crippen molar-refractivity contribution < 1.29 is 14.0 Å². The van der Waals surface area contributed by atoms with Gasteiger partial charge in [-0.2, -0.15) is 0 Å². The summed E-state index contributed by atoms with van der Waals surface area (Å²) in [5, 5.41) is 10.0. The Hall–Kier alpha value is -3.41. The van der Waals surface area contributed by atoms with E-state index in [1.54, 1.807) is 32.9 Å². The Bertz CT molecular complexity index is 1560. The van der Waals surface area contributed by atoms with Crippen LogP contribution in [0.3, 0.4) is 0 Å². The average molecular weight is 603 g/mol. The minimum atomic E-state index is -0.408. The van der Waals surface area contributed by atoms with Gasteiger partial charge in [-0.25, -0.2) is 14.1 Å². The van der Waals surface area contributed by atoms with Crippen molar-refractivity contribution in [3.8, 4) is 5.69 Å². The smallest absolute Gasteiger partial charge is 0.242 e. The SMILES string of the molecule is Cc1c(Cl)cccc1-n1ccnc1SCC(=O)N1CCN(Cc2cn([C@H](C)c3ccc(F)cc3Cl)nn2)C(=O)C1. The van der Waals surface area contributed by atoms with E-state index in [4.69, 9.17) is 23.2 Å². The molecule has 5 rings (SSSR count). The van der Waals surface area contributed by atoms with E-state index in [0.29, 0.717) is 39.5 Å². The third-order valence-corrected chi connectivity index (χ3v) is 8.51. The third kappa shape index (κ3) is 6.01. The zero-order valence-electron chi connectivity index (χ0n) is 21.8. The fourth-order valence-corrected chi connectivity index (χ4v) is 5.86. The highest BCUT2D eigenvalue weighted by Gasteiger charge is 2.28. The van der Waals surface area contributed by atoms with Crippen LogP contribution in [0.1, 0.15) is 29.8 Å². The average Bonchev–Trinajstić information content (AvgIpc) is 3.59. The van der Waals surface area contributed by atoms with Gasteiger partial charge in [0.15, 0.2) is 5.16 Å². The first-order chi connectivity index (χ1) is 19.2. The number of nitrogens with zero attached hydrogens (tertiary/aromatic N) is 7. The number of imidazole rings is 1. The second-order valence-corrected chi connectivity index (χ2v) is 11.2. The summed E-state index contributed by atoms with van der Waals surface area (Å²) in [6, 6.07) is 9.61. The molecule has 0 radical (unpaired) electrons. The molecule has 9 nitrogen and oxygen atoms in total. The second-order valence-electron chi connectivity index (χ2n) is 9.41. The molecule has 2 aromatic carbocycles. The highest BCUT2D eigenvalue weighted by atomic mass is 35.5. The van der Waals surface area contributed by atoms with Gasteiger partial charge in [0, 0.05) is 35.5 Å². The van der Waals surface area contributed by atoms with E-state index in [0.717, 1.165) is 11.3 Å². The maximum absolute atomic E-state index is 13.4. The minimum absolute atomic E-state index is 0.00301. The monoisotopic (exact) mass is 601 g/mol. The van der Waals surface area contributed by atoms with Crippen LogP contribution in [0.4, 0.5) is 4.39 Å². The van der Waals surface area contributed by atoms with Crippen LogP contribution in [0.5, 0.6) is 0 Å². The molecular weight excluding hydrogens is 576 g/mol. The lowest BCUT2D eigenvalue weighted by molar-refractivity contribution is -0.144. The molecule has 1 aliphatic rings. The first-order valence-electron chi connectivity index (χ1n) is 12.5. The number of rotatable bonds is 8. The molecule has 1 atom stereocenters. The van der Waals surface area contributed by atoms with E-state index in [1.165, 1.54) is 23.9 Å². The molecule has 1 aliphatic heterocycles. The molecule has 13 heteroatoms. The topological polar surface area (TPSA) is 89.2 Å². The molecule has 0 spiro atoms. The molecule has 208 valence electrons. The molecule has 4 aromatic rings. The van der Waals surface area contributed by atoms with E-state index in [2.05, 4.69) is 15.3 Å². The predicted molar refractivity (Wildman–Crippen MR) is 151 cm³/mol. The Labute approximate surface area is 244 Å². The molecule has 0 N–H and O–H groups in total. The van der Waals surface area contributed by atoms with Crippen LogP contribution >= 0.6 is 35.0 Å². The van der Waals surface area contributed by atoms with E-state index < -0.39 is 5.82 Å². The number of carbonyl (C=O) groups excluding carboxylic acids is 2. The minimum Gasteiger partial charge on any atom is -0.333 e. The Morgan fingerprint density at radius 3 is 2.77 bits per heavy atom. The molecule has 1 fully saturated rings. The lowest BCUT2D eigenvalue weighted by Crippen LogP contribution is -2.52. The first-order valence-corrected chi connectivity index (χ1v) is 14.3. The predicted octanol–water partition coefficient (Wildman–Crippen LogP) is 4.79. The largest absolute Gasteiger partial charge is 0.333 e. The lowest BCUT2D eigenvalue weighted by Gasteiger charge is -2.33. The van der Waals surface area contributed by atoms with Crippen molar-refractivity contribution >= 4 is 46.8 Å². The van der Waals surface area contributed by atoms with Crippen LogP contribution in [-0.4, -0.2) is 71.5 Å². The zero-order chi connectivity index (χ0) is 28.4. The summed E-state index contributed by atoms with van der Waals surface area (Å²) >= 11 is 13.8. The molecule has 1 saturated heterocycles. The third-order valence-electron chi connectivity index (χ3n) is 6.82. The fourth-order valence-electron chi connectivity index (χ4n) is 4.50. The van der Waals surface area contributed by atoms with Crippen molar-refractivity contribution in [2.24, 2.45) is 0 Å². The van der Waals surface area contributed by atoms with Crippen LogP contribution in [0.15, 0.2) is 60.1 Å². The number of hydrogen-bond acceptors (Lipinski definition) is 6. The van der Waals surface area contributed by atoms with Gasteiger partial charge in [-0.1, -0.05) is 52.3 Å². The number of thioether (sulfide) groups is 1. The molecule has 0 unspecified atom stereocenters. The summed E-state index contributed by atoms with van der Waals surface area (Å²) in [5.74, 6) is -0.549. The Morgan fingerprint density at radius 2 is 2.00 bits per heavy atom. The Kier molecular flexibility index (Phi) is 8.43. The summed E-state index contributed by atoms with van der Waals surface area (Å²) in [6.45, 7) is 4.89. The number of amides is 2. The molecule has 0 saturated carbocycles. The molecule has 0 aliphatic carbocycles. The molecule has 0 bridgehead atoms. The van der Waals surface area contributed by atoms with Crippen LogP contribution in [0.2, 0.25) is 10.0 Å². The van der Waals surface area contributed by atoms with Crippen molar-refractivity contribution in [2.75, 3.05) is 25.4 Å². The number of aromatic nitrogens is 5. The standard InChI is InChI=1S/C27H26Cl2FN7O2S/c1-17-22(28)4-3-5-24(17)36-9-8-31-27(36)40-16-26(39)35-11-10-34(25(38)15-35)13-20-14-37(33-32-20)18(2)21-7-6-19(30)12-23(21)29/h3-9,12,14,18H,10-11,13,15-16H2,1-2H3/t18-/m1/s1. The Balaban J connectivity index is 1.15. The van der Waals surface area contributed by atoms with Gasteiger partial charge in [-0.05, 0) is 49.2 Å². The summed E-state index contributed by atoms with van der Waals surface area (Å²) < 4.78 is 16.9. The zero-order valence-corrected chi connectivity index (χ0v) is 24.1. The van der Waals surface area contributed by atoms with Crippen LogP contribution in [0, 0.1) is 12.7 Å². The van der Waals surface area contributed by atoms with Gasteiger partial charge in [0.25, 0.3) is 0 Å². The van der Waals surface area contributed by atoms with Gasteiger partial charge in [0.2, 0.25) is 11.8 Å². The van der Waals surface area contributed by atoms with Crippen LogP contribution < -0.4 is 0 Å². The maximum atomic E-state index is 13.4. The van der Waals surface area contributed by atoms with E-state index in [1.807, 2.05) is 42.8 Å². The van der Waals surface area contributed by atoms with Crippen molar-refractivity contribution in [3.05, 3.63) is 87.7 Å². The molecule has 3 heterocycles. The highest BCUT2D eigenvalue weighted by Crippen LogP contribution is 2.28. The van der Waals surface area contributed by atoms with Crippen molar-refractivity contribution in [1.82, 2.24) is 34.3 Å². The van der Waals surface area contributed by atoms with Crippen LogP contribution in [0.25, 0.3) is 5.69 Å².